The van der Waals surface area contributed by atoms with Crippen LogP contribution < -0.4 is 10.1 Å². The first-order chi connectivity index (χ1) is 8.52. The van der Waals surface area contributed by atoms with E-state index in [0.717, 1.165) is 30.3 Å². The van der Waals surface area contributed by atoms with E-state index in [-0.39, 0.29) is 0 Å². The molecule has 0 fully saturated rings. The van der Waals surface area contributed by atoms with Crippen LogP contribution in [0.15, 0.2) is 18.2 Å². The monoisotopic (exact) mass is 269 g/mol. The summed E-state index contributed by atoms with van der Waals surface area (Å²) in [5, 5.41) is 4.25. The van der Waals surface area contributed by atoms with Gasteiger partial charge in [-0.3, -0.25) is 0 Å². The summed E-state index contributed by atoms with van der Waals surface area (Å²) in [5.41, 5.74) is 1.18. The van der Waals surface area contributed by atoms with E-state index in [1.165, 1.54) is 5.56 Å². The fourth-order valence-electron chi connectivity index (χ4n) is 1.97. The number of halogens is 1. The molecule has 1 aromatic rings. The van der Waals surface area contributed by atoms with Gasteiger partial charge in [0.05, 0.1) is 7.11 Å². The zero-order valence-electron chi connectivity index (χ0n) is 11.8. The van der Waals surface area contributed by atoms with Crippen LogP contribution in [0.25, 0.3) is 0 Å². The van der Waals surface area contributed by atoms with Gasteiger partial charge in [-0.1, -0.05) is 32.4 Å². The maximum atomic E-state index is 6.03. The lowest BCUT2D eigenvalue weighted by atomic mass is 10.00. The van der Waals surface area contributed by atoms with Gasteiger partial charge < -0.3 is 10.1 Å². The molecule has 102 valence electrons. The summed E-state index contributed by atoms with van der Waals surface area (Å²) in [4.78, 5) is 0. The molecule has 0 aromatic heterocycles. The number of hydrogen-bond acceptors (Lipinski definition) is 2. The Morgan fingerprint density at radius 2 is 1.94 bits per heavy atom. The molecule has 3 heteroatoms. The molecule has 0 aliphatic heterocycles. The van der Waals surface area contributed by atoms with E-state index in [2.05, 4.69) is 26.1 Å². The SMILES string of the molecule is COc1ccc(Cl)cc1CC(C)CNCC(C)C. The molecular weight excluding hydrogens is 246 g/mol. The molecule has 0 radical (unpaired) electrons. The highest BCUT2D eigenvalue weighted by Crippen LogP contribution is 2.24. The van der Waals surface area contributed by atoms with Crippen LogP contribution in [0.4, 0.5) is 0 Å². The van der Waals surface area contributed by atoms with Gasteiger partial charge in [0.1, 0.15) is 5.75 Å². The smallest absolute Gasteiger partial charge is 0.122 e. The Morgan fingerprint density at radius 3 is 2.56 bits per heavy atom. The molecule has 0 heterocycles. The van der Waals surface area contributed by atoms with Crippen LogP contribution in [-0.2, 0) is 6.42 Å². The van der Waals surface area contributed by atoms with Gasteiger partial charge >= 0.3 is 0 Å². The number of hydrogen-bond donors (Lipinski definition) is 1. The third kappa shape index (κ3) is 5.28. The van der Waals surface area contributed by atoms with Crippen LogP contribution in [-0.4, -0.2) is 20.2 Å². The molecule has 1 unspecified atom stereocenters. The fourth-order valence-corrected chi connectivity index (χ4v) is 2.17. The van der Waals surface area contributed by atoms with Crippen molar-refractivity contribution in [3.05, 3.63) is 28.8 Å². The maximum absolute atomic E-state index is 6.03. The van der Waals surface area contributed by atoms with Gasteiger partial charge in [-0.05, 0) is 55.1 Å². The zero-order valence-corrected chi connectivity index (χ0v) is 12.6. The van der Waals surface area contributed by atoms with Crippen LogP contribution in [0, 0.1) is 11.8 Å². The van der Waals surface area contributed by atoms with Crippen LogP contribution >= 0.6 is 11.6 Å². The molecule has 0 aliphatic carbocycles. The van der Waals surface area contributed by atoms with E-state index < -0.39 is 0 Å². The summed E-state index contributed by atoms with van der Waals surface area (Å²) >= 11 is 6.03. The van der Waals surface area contributed by atoms with Gasteiger partial charge in [0, 0.05) is 5.02 Å². The lowest BCUT2D eigenvalue weighted by Crippen LogP contribution is -2.26. The van der Waals surface area contributed by atoms with Gasteiger partial charge in [-0.2, -0.15) is 0 Å². The lowest BCUT2D eigenvalue weighted by molar-refractivity contribution is 0.402. The van der Waals surface area contributed by atoms with Gasteiger partial charge in [0.25, 0.3) is 0 Å². The third-order valence-corrected chi connectivity index (χ3v) is 3.09. The van der Waals surface area contributed by atoms with Crippen molar-refractivity contribution in [2.75, 3.05) is 20.2 Å². The molecule has 1 atom stereocenters. The first-order valence-corrected chi connectivity index (χ1v) is 6.93. The summed E-state index contributed by atoms with van der Waals surface area (Å²) in [5.74, 6) is 2.18. The second kappa shape index (κ2) is 7.65. The first kappa shape index (κ1) is 15.3. The Hall–Kier alpha value is -0.730. The predicted octanol–water partition coefficient (Wildman–Crippen LogP) is 3.77. The highest BCUT2D eigenvalue weighted by atomic mass is 35.5. The van der Waals surface area contributed by atoms with E-state index in [1.54, 1.807) is 7.11 Å². The van der Waals surface area contributed by atoms with E-state index in [1.807, 2.05) is 18.2 Å². The summed E-state index contributed by atoms with van der Waals surface area (Å²) in [6, 6.07) is 5.80. The van der Waals surface area contributed by atoms with Gasteiger partial charge in [-0.15, -0.1) is 0 Å². The van der Waals surface area contributed by atoms with Crippen molar-refractivity contribution in [3.63, 3.8) is 0 Å². The minimum absolute atomic E-state index is 0.566. The Kier molecular flexibility index (Phi) is 6.51. The van der Waals surface area contributed by atoms with Crippen LogP contribution in [0.2, 0.25) is 5.02 Å². The molecular formula is C15H24ClNO. The molecule has 0 saturated carbocycles. The van der Waals surface area contributed by atoms with Crippen molar-refractivity contribution in [2.24, 2.45) is 11.8 Å². The number of nitrogens with one attached hydrogen (secondary N) is 1. The minimum atomic E-state index is 0.566. The molecule has 1 rings (SSSR count). The largest absolute Gasteiger partial charge is 0.496 e. The molecule has 1 N–H and O–H groups in total. The highest BCUT2D eigenvalue weighted by Gasteiger charge is 2.09. The van der Waals surface area contributed by atoms with Gasteiger partial charge in [0.2, 0.25) is 0 Å². The van der Waals surface area contributed by atoms with Gasteiger partial charge in [-0.25, -0.2) is 0 Å². The Bertz CT molecular complexity index is 366. The van der Waals surface area contributed by atoms with Crippen LogP contribution in [0.3, 0.4) is 0 Å². The molecule has 0 aliphatic rings. The van der Waals surface area contributed by atoms with E-state index in [4.69, 9.17) is 16.3 Å². The first-order valence-electron chi connectivity index (χ1n) is 6.56. The van der Waals surface area contributed by atoms with Gasteiger partial charge in [0.15, 0.2) is 0 Å². The number of ether oxygens (including phenoxy) is 1. The molecule has 0 amide bonds. The van der Waals surface area contributed by atoms with Crippen molar-refractivity contribution in [1.82, 2.24) is 5.32 Å². The Morgan fingerprint density at radius 1 is 1.22 bits per heavy atom. The van der Waals surface area contributed by atoms with Crippen molar-refractivity contribution in [3.8, 4) is 5.75 Å². The summed E-state index contributed by atoms with van der Waals surface area (Å²) in [6.45, 7) is 8.77. The summed E-state index contributed by atoms with van der Waals surface area (Å²) in [7, 11) is 1.70. The Balaban J connectivity index is 2.52. The predicted molar refractivity (Wildman–Crippen MR) is 78.6 cm³/mol. The van der Waals surface area contributed by atoms with E-state index in [0.29, 0.717) is 11.8 Å². The van der Waals surface area contributed by atoms with Crippen LogP contribution in [0.1, 0.15) is 26.3 Å². The fraction of sp³-hybridized carbons (Fsp3) is 0.600. The van der Waals surface area contributed by atoms with Crippen molar-refractivity contribution in [1.29, 1.82) is 0 Å². The topological polar surface area (TPSA) is 21.3 Å². The zero-order chi connectivity index (χ0) is 13.5. The molecule has 0 saturated heterocycles. The average Bonchev–Trinajstić information content (AvgIpc) is 2.28. The van der Waals surface area contributed by atoms with Crippen molar-refractivity contribution in [2.45, 2.75) is 27.2 Å². The van der Waals surface area contributed by atoms with Crippen LogP contribution in [0.5, 0.6) is 5.75 Å². The quantitative estimate of drug-likeness (QED) is 0.814. The second-order valence-corrected chi connectivity index (χ2v) is 5.75. The number of rotatable bonds is 7. The van der Waals surface area contributed by atoms with Crippen molar-refractivity contribution >= 4 is 11.6 Å². The average molecular weight is 270 g/mol. The molecule has 0 spiro atoms. The summed E-state index contributed by atoms with van der Waals surface area (Å²) < 4.78 is 5.36. The minimum Gasteiger partial charge on any atom is -0.496 e. The number of benzene rings is 1. The second-order valence-electron chi connectivity index (χ2n) is 5.32. The summed E-state index contributed by atoms with van der Waals surface area (Å²) in [6.07, 6.45) is 0.981. The molecule has 18 heavy (non-hydrogen) atoms. The molecule has 1 aromatic carbocycles. The molecule has 0 bridgehead atoms. The molecule has 2 nitrogen and oxygen atoms in total. The Labute approximate surface area is 116 Å². The third-order valence-electron chi connectivity index (χ3n) is 2.86. The maximum Gasteiger partial charge on any atom is 0.122 e. The van der Waals surface area contributed by atoms with E-state index >= 15 is 0 Å². The number of methoxy groups -OCH3 is 1. The van der Waals surface area contributed by atoms with Crippen molar-refractivity contribution < 1.29 is 4.74 Å². The van der Waals surface area contributed by atoms with E-state index in [9.17, 15) is 0 Å². The lowest BCUT2D eigenvalue weighted by Gasteiger charge is -2.16. The highest BCUT2D eigenvalue weighted by molar-refractivity contribution is 6.30. The normalized spacial score (nSPS) is 12.8. The standard InChI is InChI=1S/C15H24ClNO/c1-11(2)9-17-10-12(3)7-13-8-14(16)5-6-15(13)18-4/h5-6,8,11-12,17H,7,9-10H2,1-4H3.